The molecule has 4 rings (SSSR count). The molecule has 0 N–H and O–H groups in total. The maximum atomic E-state index is 5.59. The minimum absolute atomic E-state index is 0.673. The van der Waals surface area contributed by atoms with Crippen LogP contribution in [0.25, 0.3) is 0 Å². The van der Waals surface area contributed by atoms with Crippen LogP contribution in [-0.2, 0) is 9.47 Å². The number of ether oxygens (including phenoxy) is 2. The van der Waals surface area contributed by atoms with Gasteiger partial charge in [0.2, 0.25) is 0 Å². The summed E-state index contributed by atoms with van der Waals surface area (Å²) in [5, 5.41) is 0. The molecule has 0 aromatic carbocycles. The molecule has 2 nitrogen and oxygen atoms in total. The van der Waals surface area contributed by atoms with Crippen molar-refractivity contribution in [1.29, 1.82) is 0 Å². The predicted molar refractivity (Wildman–Crippen MR) is 52.0 cm³/mol. The molecule has 2 heterocycles. The Bertz CT molecular complexity index is 227. The van der Waals surface area contributed by atoms with E-state index in [9.17, 15) is 0 Å². The number of hydrogen-bond donors (Lipinski definition) is 0. The molecule has 0 spiro atoms. The molecule has 78 valence electrons. The molecule has 14 heavy (non-hydrogen) atoms. The van der Waals surface area contributed by atoms with Crippen LogP contribution in [0.3, 0.4) is 0 Å². The largest absolute Gasteiger partial charge is 0.369 e. The smallest absolute Gasteiger partial charge is 0.0869 e. The van der Waals surface area contributed by atoms with Gasteiger partial charge in [-0.1, -0.05) is 0 Å². The summed E-state index contributed by atoms with van der Waals surface area (Å²) in [6.07, 6.45) is 11.0. The molecule has 0 aromatic rings. The van der Waals surface area contributed by atoms with Crippen molar-refractivity contribution in [3.05, 3.63) is 0 Å². The van der Waals surface area contributed by atoms with Crippen molar-refractivity contribution < 1.29 is 9.47 Å². The third kappa shape index (κ3) is 1.17. The average molecular weight is 194 g/mol. The average Bonchev–Trinajstić information content (AvgIpc) is 3.08. The van der Waals surface area contributed by atoms with Crippen LogP contribution in [-0.4, -0.2) is 24.4 Å². The highest BCUT2D eigenvalue weighted by Crippen LogP contribution is 2.49. The lowest BCUT2D eigenvalue weighted by Crippen LogP contribution is -2.10. The summed E-state index contributed by atoms with van der Waals surface area (Å²) < 4.78 is 11.2. The number of fused-ring (bicyclic) bond motifs is 2. The van der Waals surface area contributed by atoms with Gasteiger partial charge in [-0.05, 0) is 50.4 Å². The van der Waals surface area contributed by atoms with E-state index in [4.69, 9.17) is 9.47 Å². The first-order valence-corrected chi connectivity index (χ1v) is 6.23. The van der Waals surface area contributed by atoms with Gasteiger partial charge in [0.25, 0.3) is 0 Å². The van der Waals surface area contributed by atoms with Crippen molar-refractivity contribution in [2.24, 2.45) is 11.8 Å². The molecule has 0 aromatic heterocycles. The Balaban J connectivity index is 1.30. The van der Waals surface area contributed by atoms with Gasteiger partial charge in [0.15, 0.2) is 0 Å². The quantitative estimate of drug-likeness (QED) is 0.643. The van der Waals surface area contributed by atoms with Crippen LogP contribution in [0, 0.1) is 11.8 Å². The zero-order valence-electron chi connectivity index (χ0n) is 8.52. The first-order valence-electron chi connectivity index (χ1n) is 6.23. The fourth-order valence-corrected chi connectivity index (χ4v) is 3.74. The summed E-state index contributed by atoms with van der Waals surface area (Å²) >= 11 is 0. The molecule has 6 atom stereocenters. The van der Waals surface area contributed by atoms with Crippen molar-refractivity contribution in [1.82, 2.24) is 0 Å². The fourth-order valence-electron chi connectivity index (χ4n) is 3.74. The first kappa shape index (κ1) is 8.12. The normalized spacial score (nSPS) is 58.3. The maximum absolute atomic E-state index is 5.59. The number of epoxide rings is 2. The van der Waals surface area contributed by atoms with Crippen molar-refractivity contribution >= 4 is 0 Å². The Morgan fingerprint density at radius 3 is 1.50 bits per heavy atom. The fraction of sp³-hybridized carbons (Fsp3) is 1.00. The highest BCUT2D eigenvalue weighted by atomic mass is 16.6. The van der Waals surface area contributed by atoms with E-state index in [0.717, 1.165) is 11.8 Å². The molecule has 2 aliphatic carbocycles. The minimum Gasteiger partial charge on any atom is -0.369 e. The third-order valence-corrected chi connectivity index (χ3v) is 4.72. The molecular formula is C12H18O2. The Morgan fingerprint density at radius 1 is 0.714 bits per heavy atom. The number of rotatable bonds is 3. The Hall–Kier alpha value is -0.0800. The zero-order valence-corrected chi connectivity index (χ0v) is 8.52. The Labute approximate surface area is 85.0 Å². The molecule has 6 unspecified atom stereocenters. The minimum atomic E-state index is 0.673. The monoisotopic (exact) mass is 194 g/mol. The van der Waals surface area contributed by atoms with Crippen molar-refractivity contribution in [3.8, 4) is 0 Å². The lowest BCUT2D eigenvalue weighted by molar-refractivity contribution is 0.220. The van der Waals surface area contributed by atoms with Crippen LogP contribution in [0.4, 0.5) is 0 Å². The van der Waals surface area contributed by atoms with Crippen LogP contribution in [0.1, 0.15) is 38.5 Å². The standard InChI is InChI=1S/C12H18O2/c1(7-3-5-9-11(7)13-9)2-8-4-6-10-12(8)14-10/h7-12H,1-6H2. The van der Waals surface area contributed by atoms with E-state index in [2.05, 4.69) is 0 Å². The van der Waals surface area contributed by atoms with E-state index in [1.807, 2.05) is 0 Å². The van der Waals surface area contributed by atoms with Gasteiger partial charge in [-0.25, -0.2) is 0 Å². The van der Waals surface area contributed by atoms with Gasteiger partial charge < -0.3 is 9.47 Å². The molecule has 4 aliphatic rings. The maximum Gasteiger partial charge on any atom is 0.0869 e. The summed E-state index contributed by atoms with van der Waals surface area (Å²) in [5.74, 6) is 1.80. The lowest BCUT2D eigenvalue weighted by atomic mass is 9.93. The summed E-state index contributed by atoms with van der Waals surface area (Å²) in [7, 11) is 0. The molecule has 4 fully saturated rings. The van der Waals surface area contributed by atoms with E-state index in [1.54, 1.807) is 0 Å². The zero-order chi connectivity index (χ0) is 9.12. The van der Waals surface area contributed by atoms with Gasteiger partial charge >= 0.3 is 0 Å². The molecule has 2 saturated heterocycles. The van der Waals surface area contributed by atoms with Crippen LogP contribution in [0.2, 0.25) is 0 Å². The van der Waals surface area contributed by atoms with E-state index in [0.29, 0.717) is 24.4 Å². The Morgan fingerprint density at radius 2 is 1.21 bits per heavy atom. The second kappa shape index (κ2) is 2.73. The summed E-state index contributed by atoms with van der Waals surface area (Å²) in [4.78, 5) is 0. The lowest BCUT2D eigenvalue weighted by Gasteiger charge is -2.14. The van der Waals surface area contributed by atoms with E-state index >= 15 is 0 Å². The van der Waals surface area contributed by atoms with Crippen LogP contribution in [0.15, 0.2) is 0 Å². The third-order valence-electron chi connectivity index (χ3n) is 4.72. The highest BCUT2D eigenvalue weighted by molar-refractivity contribution is 5.00. The second-order valence-corrected chi connectivity index (χ2v) is 5.53. The Kier molecular flexibility index (Phi) is 1.58. The molecular weight excluding hydrogens is 176 g/mol. The van der Waals surface area contributed by atoms with E-state index in [1.165, 1.54) is 38.5 Å². The van der Waals surface area contributed by atoms with Crippen molar-refractivity contribution in [2.75, 3.05) is 0 Å². The topological polar surface area (TPSA) is 25.1 Å². The van der Waals surface area contributed by atoms with Gasteiger partial charge in [-0.15, -0.1) is 0 Å². The molecule has 2 aliphatic heterocycles. The first-order chi connectivity index (χ1) is 6.92. The van der Waals surface area contributed by atoms with Crippen LogP contribution >= 0.6 is 0 Å². The van der Waals surface area contributed by atoms with E-state index < -0.39 is 0 Å². The summed E-state index contributed by atoms with van der Waals surface area (Å²) in [6, 6.07) is 0. The molecule has 0 amide bonds. The van der Waals surface area contributed by atoms with Gasteiger partial charge in [-0.3, -0.25) is 0 Å². The van der Waals surface area contributed by atoms with Gasteiger partial charge in [0.1, 0.15) is 0 Å². The van der Waals surface area contributed by atoms with Gasteiger partial charge in [0, 0.05) is 0 Å². The number of hydrogen-bond acceptors (Lipinski definition) is 2. The van der Waals surface area contributed by atoms with Gasteiger partial charge in [-0.2, -0.15) is 0 Å². The summed E-state index contributed by atoms with van der Waals surface area (Å²) in [5.41, 5.74) is 0. The van der Waals surface area contributed by atoms with Gasteiger partial charge in [0.05, 0.1) is 24.4 Å². The SMILES string of the molecule is C(CC1CCC2OC12)C1CCC2OC12. The molecule has 0 radical (unpaired) electrons. The molecule has 2 heteroatoms. The predicted octanol–water partition coefficient (Wildman–Crippen LogP) is 2.12. The van der Waals surface area contributed by atoms with E-state index in [-0.39, 0.29) is 0 Å². The molecule has 0 bridgehead atoms. The molecule has 2 saturated carbocycles. The summed E-state index contributed by atoms with van der Waals surface area (Å²) in [6.45, 7) is 0. The van der Waals surface area contributed by atoms with Crippen LogP contribution < -0.4 is 0 Å². The highest BCUT2D eigenvalue weighted by Gasteiger charge is 2.52. The van der Waals surface area contributed by atoms with Crippen molar-refractivity contribution in [3.63, 3.8) is 0 Å². The van der Waals surface area contributed by atoms with Crippen molar-refractivity contribution in [2.45, 2.75) is 62.9 Å². The second-order valence-electron chi connectivity index (χ2n) is 5.53. The van der Waals surface area contributed by atoms with Crippen LogP contribution in [0.5, 0.6) is 0 Å².